The minimum absolute atomic E-state index is 0.293. The maximum Gasteiger partial charge on any atom is 0.243 e. The fourth-order valence-electron chi connectivity index (χ4n) is 2.17. The van der Waals surface area contributed by atoms with Crippen molar-refractivity contribution in [2.45, 2.75) is 44.7 Å². The third-order valence-corrected chi connectivity index (χ3v) is 5.45. The van der Waals surface area contributed by atoms with Crippen LogP contribution in [0.2, 0.25) is 0 Å². The maximum absolute atomic E-state index is 12.9. The van der Waals surface area contributed by atoms with E-state index in [9.17, 15) is 8.42 Å². The molecule has 0 amide bonds. The molecule has 5 heteroatoms. The smallest absolute Gasteiger partial charge is 0.243 e. The van der Waals surface area contributed by atoms with E-state index in [1.54, 1.807) is 18.2 Å². The molecule has 0 aliphatic carbocycles. The molecule has 0 spiro atoms. The van der Waals surface area contributed by atoms with Crippen molar-refractivity contribution in [1.29, 1.82) is 0 Å². The molecule has 1 aromatic rings. The van der Waals surface area contributed by atoms with E-state index in [0.29, 0.717) is 18.0 Å². The highest BCUT2D eigenvalue weighted by Gasteiger charge is 2.33. The summed E-state index contributed by atoms with van der Waals surface area (Å²) in [5.41, 5.74) is 1.57. The van der Waals surface area contributed by atoms with E-state index in [1.807, 2.05) is 40.8 Å². The van der Waals surface area contributed by atoms with Gasteiger partial charge in [-0.3, -0.25) is 0 Å². The normalized spacial score (nSPS) is 12.7. The van der Waals surface area contributed by atoms with Crippen LogP contribution in [0.25, 0.3) is 0 Å². The zero-order valence-corrected chi connectivity index (χ0v) is 14.4. The number of nitrogens with one attached hydrogen (secondary N) is 1. The van der Waals surface area contributed by atoms with Crippen LogP contribution in [0.3, 0.4) is 0 Å². The molecule has 0 bridgehead atoms. The summed E-state index contributed by atoms with van der Waals surface area (Å²) in [6.07, 6.45) is 1.62. The van der Waals surface area contributed by atoms with Crippen LogP contribution in [0.1, 0.15) is 31.9 Å². The fraction of sp³-hybridized carbons (Fsp3) is 0.500. The van der Waals surface area contributed by atoms with Crippen molar-refractivity contribution in [3.8, 4) is 0 Å². The second-order valence-electron chi connectivity index (χ2n) is 6.11. The van der Waals surface area contributed by atoms with Crippen molar-refractivity contribution in [3.05, 3.63) is 42.0 Å². The molecule has 0 radical (unpaired) electrons. The van der Waals surface area contributed by atoms with E-state index in [1.165, 1.54) is 4.31 Å². The molecule has 0 aromatic heterocycles. The van der Waals surface area contributed by atoms with Gasteiger partial charge in [0.25, 0.3) is 0 Å². The van der Waals surface area contributed by atoms with Crippen LogP contribution in [0, 0.1) is 6.92 Å². The van der Waals surface area contributed by atoms with Crippen LogP contribution in [-0.4, -0.2) is 31.9 Å². The summed E-state index contributed by atoms with van der Waals surface area (Å²) in [6, 6.07) is 5.28. The second-order valence-corrected chi connectivity index (χ2v) is 7.98. The summed E-state index contributed by atoms with van der Waals surface area (Å²) in [5.74, 6) is 0. The minimum atomic E-state index is -3.54. The van der Waals surface area contributed by atoms with Crippen molar-refractivity contribution < 1.29 is 8.42 Å². The van der Waals surface area contributed by atoms with Crippen molar-refractivity contribution >= 4 is 10.0 Å². The molecule has 4 nitrogen and oxygen atoms in total. The molecule has 1 N–H and O–H groups in total. The Bertz CT molecular complexity index is 601. The molecule has 0 saturated carbocycles. The maximum atomic E-state index is 12.9. The lowest BCUT2D eigenvalue weighted by atomic mass is 10.1. The van der Waals surface area contributed by atoms with Gasteiger partial charge in [-0.1, -0.05) is 12.1 Å². The van der Waals surface area contributed by atoms with Gasteiger partial charge in [-0.15, -0.1) is 6.58 Å². The average molecular weight is 310 g/mol. The highest BCUT2D eigenvalue weighted by Crippen LogP contribution is 2.25. The Morgan fingerprint density at radius 3 is 2.43 bits per heavy atom. The van der Waals surface area contributed by atoms with E-state index in [4.69, 9.17) is 0 Å². The third kappa shape index (κ3) is 4.15. The summed E-state index contributed by atoms with van der Waals surface area (Å²) in [4.78, 5) is 0.329. The molecular weight excluding hydrogens is 284 g/mol. The summed E-state index contributed by atoms with van der Waals surface area (Å²) in [7, 11) is -1.70. The van der Waals surface area contributed by atoms with Crippen LogP contribution < -0.4 is 5.32 Å². The van der Waals surface area contributed by atoms with Gasteiger partial charge in [0.1, 0.15) is 0 Å². The van der Waals surface area contributed by atoms with Gasteiger partial charge in [0.15, 0.2) is 0 Å². The largest absolute Gasteiger partial charge is 0.316 e. The zero-order chi connectivity index (χ0) is 16.3. The number of rotatable bonds is 6. The summed E-state index contributed by atoms with van der Waals surface area (Å²) in [5, 5.41) is 3.06. The Labute approximate surface area is 128 Å². The predicted octanol–water partition coefficient (Wildman–Crippen LogP) is 2.69. The van der Waals surface area contributed by atoms with Crippen LogP contribution in [-0.2, 0) is 16.6 Å². The second kappa shape index (κ2) is 6.73. The first-order valence-corrected chi connectivity index (χ1v) is 8.46. The van der Waals surface area contributed by atoms with Crippen molar-refractivity contribution in [2.75, 3.05) is 13.6 Å². The molecule has 0 aliphatic rings. The Hall–Kier alpha value is -1.17. The van der Waals surface area contributed by atoms with Crippen molar-refractivity contribution in [3.63, 3.8) is 0 Å². The monoisotopic (exact) mass is 310 g/mol. The molecule has 1 aromatic carbocycles. The molecule has 0 heterocycles. The van der Waals surface area contributed by atoms with Gasteiger partial charge < -0.3 is 5.32 Å². The highest BCUT2D eigenvalue weighted by atomic mass is 32.2. The summed E-state index contributed by atoms with van der Waals surface area (Å²) >= 11 is 0. The van der Waals surface area contributed by atoms with E-state index >= 15 is 0 Å². The molecule has 118 valence electrons. The quantitative estimate of drug-likeness (QED) is 0.822. The Balaban J connectivity index is 3.34. The summed E-state index contributed by atoms with van der Waals surface area (Å²) < 4.78 is 27.3. The molecule has 0 atom stereocenters. The Morgan fingerprint density at radius 2 is 1.95 bits per heavy atom. The number of hydrogen-bond donors (Lipinski definition) is 1. The van der Waals surface area contributed by atoms with Gasteiger partial charge in [0, 0.05) is 18.6 Å². The van der Waals surface area contributed by atoms with E-state index in [-0.39, 0.29) is 0 Å². The topological polar surface area (TPSA) is 49.4 Å². The van der Waals surface area contributed by atoms with E-state index < -0.39 is 15.6 Å². The fourth-order valence-corrected chi connectivity index (χ4v) is 3.97. The number of sulfonamides is 1. The zero-order valence-electron chi connectivity index (χ0n) is 13.6. The predicted molar refractivity (Wildman–Crippen MR) is 87.8 cm³/mol. The average Bonchev–Trinajstić information content (AvgIpc) is 2.37. The Morgan fingerprint density at radius 1 is 1.33 bits per heavy atom. The Kier molecular flexibility index (Phi) is 5.73. The first-order chi connectivity index (χ1) is 9.64. The van der Waals surface area contributed by atoms with E-state index in [2.05, 4.69) is 11.9 Å². The van der Waals surface area contributed by atoms with Gasteiger partial charge in [-0.2, -0.15) is 4.31 Å². The van der Waals surface area contributed by atoms with Gasteiger partial charge in [-0.25, -0.2) is 8.42 Å². The lowest BCUT2D eigenvalue weighted by Crippen LogP contribution is -2.45. The molecular formula is C16H26N2O2S. The molecule has 0 fully saturated rings. The standard InChI is InChI=1S/C16H26N2O2S/c1-7-10-18(16(3,4)5)21(19,20)15-9-8-13(2)14(11-15)12-17-6/h7-9,11,17H,1,10,12H2,2-6H3. The number of hydrogen-bond acceptors (Lipinski definition) is 3. The van der Waals surface area contributed by atoms with Crippen LogP contribution in [0.5, 0.6) is 0 Å². The first kappa shape index (κ1) is 17.9. The van der Waals surface area contributed by atoms with Gasteiger partial charge in [0.05, 0.1) is 4.90 Å². The number of aryl methyl sites for hydroxylation is 1. The lowest BCUT2D eigenvalue weighted by molar-refractivity contribution is 0.270. The highest BCUT2D eigenvalue weighted by molar-refractivity contribution is 7.89. The third-order valence-electron chi connectivity index (χ3n) is 3.32. The lowest BCUT2D eigenvalue weighted by Gasteiger charge is -2.33. The van der Waals surface area contributed by atoms with Crippen LogP contribution >= 0.6 is 0 Å². The SMILES string of the molecule is C=CCN(C(C)(C)C)S(=O)(=O)c1ccc(C)c(CNC)c1. The van der Waals surface area contributed by atoms with Gasteiger partial charge in [-0.05, 0) is 58.0 Å². The van der Waals surface area contributed by atoms with Crippen molar-refractivity contribution in [2.24, 2.45) is 0 Å². The van der Waals surface area contributed by atoms with Crippen molar-refractivity contribution in [1.82, 2.24) is 9.62 Å². The molecule has 1 rings (SSSR count). The number of benzene rings is 1. The van der Waals surface area contributed by atoms with Crippen LogP contribution in [0.4, 0.5) is 0 Å². The first-order valence-electron chi connectivity index (χ1n) is 7.02. The molecule has 0 saturated heterocycles. The van der Waals surface area contributed by atoms with E-state index in [0.717, 1.165) is 11.1 Å². The van der Waals surface area contributed by atoms with Gasteiger partial charge >= 0.3 is 0 Å². The summed E-state index contributed by atoms with van der Waals surface area (Å²) in [6.45, 7) is 12.2. The number of nitrogens with zero attached hydrogens (tertiary/aromatic N) is 1. The van der Waals surface area contributed by atoms with Crippen LogP contribution in [0.15, 0.2) is 35.7 Å². The molecule has 0 unspecified atom stereocenters. The molecule has 0 aliphatic heterocycles. The minimum Gasteiger partial charge on any atom is -0.316 e. The molecule has 21 heavy (non-hydrogen) atoms. The van der Waals surface area contributed by atoms with Gasteiger partial charge in [0.2, 0.25) is 10.0 Å².